The molecule has 0 aliphatic rings. The Kier molecular flexibility index (Phi) is 3.04. The molecule has 0 aromatic carbocycles. The first kappa shape index (κ1) is 11.9. The normalized spacial score (nSPS) is 10.5. The van der Waals surface area contributed by atoms with Crippen molar-refractivity contribution in [3.05, 3.63) is 39.8 Å². The minimum atomic E-state index is -1.04. The van der Waals surface area contributed by atoms with Crippen LogP contribution in [0.2, 0.25) is 10.0 Å². The number of rotatable bonds is 2. The maximum absolute atomic E-state index is 10.9. The Bertz CT molecular complexity index is 595. The number of hydrogen-bond acceptors (Lipinski definition) is 3. The van der Waals surface area contributed by atoms with E-state index in [2.05, 4.69) is 10.1 Å². The molecule has 0 saturated heterocycles. The van der Waals surface area contributed by atoms with Crippen LogP contribution in [-0.4, -0.2) is 25.8 Å². The summed E-state index contributed by atoms with van der Waals surface area (Å²) < 4.78 is 1.36. The molecule has 0 amide bonds. The van der Waals surface area contributed by atoms with Crippen LogP contribution >= 0.6 is 23.2 Å². The van der Waals surface area contributed by atoms with Gasteiger partial charge < -0.3 is 5.11 Å². The molecular formula is C10H7Cl2N3O2. The molecule has 0 radical (unpaired) electrons. The zero-order valence-corrected chi connectivity index (χ0v) is 10.2. The lowest BCUT2D eigenvalue weighted by Crippen LogP contribution is -2.04. The highest BCUT2D eigenvalue weighted by atomic mass is 35.5. The highest BCUT2D eigenvalue weighted by molar-refractivity contribution is 6.35. The molecule has 7 heteroatoms. The summed E-state index contributed by atoms with van der Waals surface area (Å²) in [4.78, 5) is 14.9. The maximum Gasteiger partial charge on any atom is 0.339 e. The van der Waals surface area contributed by atoms with Gasteiger partial charge in [0.2, 0.25) is 0 Å². The highest BCUT2D eigenvalue weighted by Gasteiger charge is 2.16. The van der Waals surface area contributed by atoms with Gasteiger partial charge >= 0.3 is 5.97 Å². The number of carboxylic acids is 1. The first-order valence-corrected chi connectivity index (χ1v) is 5.35. The third-order valence-corrected chi connectivity index (χ3v) is 2.71. The van der Waals surface area contributed by atoms with E-state index in [9.17, 15) is 4.79 Å². The smallest absolute Gasteiger partial charge is 0.339 e. The molecule has 5 nitrogen and oxygen atoms in total. The van der Waals surface area contributed by atoms with E-state index in [1.54, 1.807) is 6.92 Å². The SMILES string of the molecule is Cc1c(C(=O)O)cnn1-c1ncc(Cl)cc1Cl. The van der Waals surface area contributed by atoms with Crippen LogP contribution in [0.5, 0.6) is 0 Å². The Morgan fingerprint density at radius 2 is 2.12 bits per heavy atom. The van der Waals surface area contributed by atoms with Crippen LogP contribution < -0.4 is 0 Å². The van der Waals surface area contributed by atoms with E-state index in [1.165, 1.54) is 23.1 Å². The average Bonchev–Trinajstić information content (AvgIpc) is 2.60. The predicted molar refractivity (Wildman–Crippen MR) is 63.1 cm³/mol. The van der Waals surface area contributed by atoms with Crippen LogP contribution in [0, 0.1) is 6.92 Å². The molecular weight excluding hydrogens is 265 g/mol. The van der Waals surface area contributed by atoms with Gasteiger partial charge in [0.25, 0.3) is 0 Å². The van der Waals surface area contributed by atoms with Crippen molar-refractivity contribution < 1.29 is 9.90 Å². The predicted octanol–water partition coefficient (Wildman–Crippen LogP) is 2.58. The monoisotopic (exact) mass is 271 g/mol. The number of pyridine rings is 1. The van der Waals surface area contributed by atoms with Crippen LogP contribution in [0.15, 0.2) is 18.5 Å². The van der Waals surface area contributed by atoms with E-state index >= 15 is 0 Å². The minimum absolute atomic E-state index is 0.109. The molecule has 0 unspecified atom stereocenters. The third kappa shape index (κ3) is 2.11. The van der Waals surface area contributed by atoms with Crippen molar-refractivity contribution in [1.29, 1.82) is 0 Å². The van der Waals surface area contributed by atoms with E-state index < -0.39 is 5.97 Å². The fraction of sp³-hybridized carbons (Fsp3) is 0.100. The van der Waals surface area contributed by atoms with Gasteiger partial charge in [0, 0.05) is 6.20 Å². The molecule has 1 N–H and O–H groups in total. The molecule has 2 rings (SSSR count). The van der Waals surface area contributed by atoms with Crippen molar-refractivity contribution in [3.8, 4) is 5.82 Å². The molecule has 2 aromatic rings. The van der Waals surface area contributed by atoms with Crippen molar-refractivity contribution in [2.45, 2.75) is 6.92 Å². The lowest BCUT2D eigenvalue weighted by atomic mass is 10.3. The van der Waals surface area contributed by atoms with Crippen LogP contribution in [0.1, 0.15) is 16.1 Å². The first-order valence-electron chi connectivity index (χ1n) is 4.60. The minimum Gasteiger partial charge on any atom is -0.478 e. The van der Waals surface area contributed by atoms with Crippen molar-refractivity contribution in [2.24, 2.45) is 0 Å². The summed E-state index contributed by atoms with van der Waals surface area (Å²) in [7, 11) is 0. The number of aromatic carboxylic acids is 1. The van der Waals surface area contributed by atoms with Gasteiger partial charge in [-0.15, -0.1) is 0 Å². The quantitative estimate of drug-likeness (QED) is 0.912. The van der Waals surface area contributed by atoms with Gasteiger partial charge in [0.15, 0.2) is 5.82 Å². The molecule has 0 saturated carbocycles. The van der Waals surface area contributed by atoms with Crippen LogP contribution in [0.25, 0.3) is 5.82 Å². The van der Waals surface area contributed by atoms with Crippen molar-refractivity contribution in [1.82, 2.24) is 14.8 Å². The topological polar surface area (TPSA) is 68.0 Å². The molecule has 0 spiro atoms. The van der Waals surface area contributed by atoms with Crippen LogP contribution in [-0.2, 0) is 0 Å². The Balaban J connectivity index is 2.57. The largest absolute Gasteiger partial charge is 0.478 e. The molecule has 17 heavy (non-hydrogen) atoms. The average molecular weight is 272 g/mol. The second-order valence-electron chi connectivity index (χ2n) is 3.32. The zero-order valence-electron chi connectivity index (χ0n) is 8.69. The molecule has 2 heterocycles. The maximum atomic E-state index is 10.9. The summed E-state index contributed by atoms with van der Waals surface area (Å²) in [6.45, 7) is 1.63. The number of carboxylic acid groups (broad SMARTS) is 1. The summed E-state index contributed by atoms with van der Waals surface area (Å²) in [5, 5.41) is 13.6. The van der Waals surface area contributed by atoms with E-state index in [0.717, 1.165) is 0 Å². The lowest BCUT2D eigenvalue weighted by molar-refractivity contribution is 0.0696. The number of nitrogens with zero attached hydrogens (tertiary/aromatic N) is 3. The molecule has 88 valence electrons. The number of aromatic nitrogens is 3. The standard InChI is InChI=1S/C10H7Cl2N3O2/c1-5-7(10(16)17)4-14-15(5)9-8(12)2-6(11)3-13-9/h2-4H,1H3,(H,16,17). The molecule has 0 aliphatic carbocycles. The van der Waals surface area contributed by atoms with Crippen molar-refractivity contribution in [3.63, 3.8) is 0 Å². The number of halogens is 2. The second kappa shape index (κ2) is 4.35. The second-order valence-corrected chi connectivity index (χ2v) is 4.16. The lowest BCUT2D eigenvalue weighted by Gasteiger charge is -2.05. The van der Waals surface area contributed by atoms with Crippen molar-refractivity contribution in [2.75, 3.05) is 0 Å². The summed E-state index contributed by atoms with van der Waals surface area (Å²) >= 11 is 11.7. The number of hydrogen-bond donors (Lipinski definition) is 1. The van der Waals surface area contributed by atoms with Crippen LogP contribution in [0.4, 0.5) is 0 Å². The van der Waals surface area contributed by atoms with Gasteiger partial charge in [0.05, 0.1) is 21.9 Å². The van der Waals surface area contributed by atoms with Gasteiger partial charge in [0.1, 0.15) is 5.56 Å². The summed E-state index contributed by atoms with van der Waals surface area (Å²) in [5.74, 6) is -0.695. The molecule has 2 aromatic heterocycles. The fourth-order valence-corrected chi connectivity index (χ4v) is 1.86. The third-order valence-electron chi connectivity index (χ3n) is 2.23. The molecule has 0 aliphatic heterocycles. The van der Waals surface area contributed by atoms with E-state index in [1.807, 2.05) is 0 Å². The Labute approximate surface area is 107 Å². The number of carbonyl (C=O) groups is 1. The molecule has 0 atom stereocenters. The fourth-order valence-electron chi connectivity index (χ4n) is 1.40. The Morgan fingerprint density at radius 1 is 1.41 bits per heavy atom. The Morgan fingerprint density at radius 3 is 2.65 bits per heavy atom. The Hall–Kier alpha value is -1.59. The van der Waals surface area contributed by atoms with E-state index in [4.69, 9.17) is 28.3 Å². The van der Waals surface area contributed by atoms with Gasteiger partial charge in [-0.3, -0.25) is 0 Å². The zero-order chi connectivity index (χ0) is 12.6. The van der Waals surface area contributed by atoms with Gasteiger partial charge in [-0.2, -0.15) is 5.10 Å². The molecule has 0 bridgehead atoms. The summed E-state index contributed by atoms with van der Waals surface area (Å²) in [6.07, 6.45) is 2.68. The van der Waals surface area contributed by atoms with Crippen molar-refractivity contribution >= 4 is 29.2 Å². The first-order chi connectivity index (χ1) is 8.00. The van der Waals surface area contributed by atoms with E-state index in [0.29, 0.717) is 21.6 Å². The van der Waals surface area contributed by atoms with Gasteiger partial charge in [-0.1, -0.05) is 23.2 Å². The van der Waals surface area contributed by atoms with E-state index in [-0.39, 0.29) is 5.56 Å². The molecule has 0 fully saturated rings. The summed E-state index contributed by atoms with van der Waals surface area (Å²) in [5.41, 5.74) is 0.562. The van der Waals surface area contributed by atoms with Gasteiger partial charge in [-0.05, 0) is 13.0 Å². The highest BCUT2D eigenvalue weighted by Crippen LogP contribution is 2.23. The van der Waals surface area contributed by atoms with Gasteiger partial charge in [-0.25, -0.2) is 14.5 Å². The van der Waals surface area contributed by atoms with Crippen LogP contribution in [0.3, 0.4) is 0 Å². The summed E-state index contributed by atoms with van der Waals surface area (Å²) in [6, 6.07) is 1.52.